The topological polar surface area (TPSA) is 85.5 Å². The van der Waals surface area contributed by atoms with Gasteiger partial charge in [0.25, 0.3) is 0 Å². The fourth-order valence-electron chi connectivity index (χ4n) is 1.78. The summed E-state index contributed by atoms with van der Waals surface area (Å²) in [6.07, 6.45) is -4.71. The summed E-state index contributed by atoms with van der Waals surface area (Å²) in [5.74, 6) is -1.76. The third-order valence-corrected chi connectivity index (χ3v) is 4.70. The lowest BCUT2D eigenvalue weighted by atomic mass is 10.1. The van der Waals surface area contributed by atoms with Crippen molar-refractivity contribution < 1.29 is 30.9 Å². The molecule has 1 heterocycles. The van der Waals surface area contributed by atoms with Gasteiger partial charge in [0.05, 0.1) is 19.4 Å². The van der Waals surface area contributed by atoms with Gasteiger partial charge in [-0.2, -0.15) is 18.2 Å². The fourth-order valence-corrected chi connectivity index (χ4v) is 2.65. The minimum Gasteiger partial charge on any atom is -0.329 e. The summed E-state index contributed by atoms with van der Waals surface area (Å²) >= 11 is 0. The zero-order valence-electron chi connectivity index (χ0n) is 12.7. The van der Waals surface area contributed by atoms with Crippen molar-refractivity contribution >= 4 is 10.0 Å². The zero-order chi connectivity index (χ0) is 18.0. The normalized spacial score (nSPS) is 12.8. The van der Waals surface area contributed by atoms with Crippen molar-refractivity contribution in [2.24, 2.45) is 0 Å². The average molecular weight is 365 g/mol. The number of sulfonamides is 1. The maximum atomic E-state index is 12.4. The molecule has 24 heavy (non-hydrogen) atoms. The smallest absolute Gasteiger partial charge is 0.329 e. The first-order valence-corrected chi connectivity index (χ1v) is 8.33. The van der Waals surface area contributed by atoms with Crippen LogP contribution in [0.5, 0.6) is 0 Å². The summed E-state index contributed by atoms with van der Waals surface area (Å²) in [6, 6.07) is 6.01. The Balaban J connectivity index is 2.17. The summed E-state index contributed by atoms with van der Waals surface area (Å²) < 4.78 is 65.9. The Labute approximate surface area is 136 Å². The molecule has 1 aromatic carbocycles. The molecule has 132 valence electrons. The van der Waals surface area contributed by atoms with E-state index in [1.54, 1.807) is 0 Å². The highest BCUT2D eigenvalue weighted by atomic mass is 32.2. The van der Waals surface area contributed by atoms with Crippen LogP contribution < -0.4 is 0 Å². The molecular formula is C13H14F3N3O4S. The Hall–Kier alpha value is -1.98. The van der Waals surface area contributed by atoms with E-state index >= 15 is 0 Å². The van der Waals surface area contributed by atoms with Gasteiger partial charge in [-0.25, -0.2) is 8.42 Å². The van der Waals surface area contributed by atoms with Crippen molar-refractivity contribution in [3.05, 3.63) is 35.7 Å². The molecule has 0 aliphatic rings. The van der Waals surface area contributed by atoms with Crippen LogP contribution in [0.3, 0.4) is 0 Å². The number of benzene rings is 1. The van der Waals surface area contributed by atoms with E-state index in [1.165, 1.54) is 38.3 Å². The van der Waals surface area contributed by atoms with Gasteiger partial charge in [-0.1, -0.05) is 33.9 Å². The van der Waals surface area contributed by atoms with Crippen LogP contribution in [-0.2, 0) is 27.6 Å². The van der Waals surface area contributed by atoms with E-state index in [0.717, 1.165) is 4.47 Å². The lowest BCUT2D eigenvalue weighted by Gasteiger charge is -2.18. The molecule has 0 bridgehead atoms. The van der Waals surface area contributed by atoms with Crippen molar-refractivity contribution in [1.82, 2.24) is 14.6 Å². The third kappa shape index (κ3) is 4.10. The van der Waals surface area contributed by atoms with Crippen LogP contribution in [0, 0.1) is 0 Å². The van der Waals surface area contributed by atoms with Crippen LogP contribution >= 0.6 is 0 Å². The molecule has 0 aliphatic heterocycles. The van der Waals surface area contributed by atoms with E-state index in [1.807, 2.05) is 0 Å². The first kappa shape index (κ1) is 18.4. The Kier molecular flexibility index (Phi) is 5.26. The van der Waals surface area contributed by atoms with Crippen LogP contribution in [-0.4, -0.2) is 35.9 Å². The minimum absolute atomic E-state index is 0.0347. The van der Waals surface area contributed by atoms with Gasteiger partial charge in [-0.3, -0.25) is 4.84 Å². The minimum atomic E-state index is -4.71. The molecule has 0 unspecified atom stereocenters. The van der Waals surface area contributed by atoms with Crippen LogP contribution in [0.25, 0.3) is 11.4 Å². The molecule has 0 saturated carbocycles. The molecule has 7 nitrogen and oxygen atoms in total. The average Bonchev–Trinajstić information content (AvgIpc) is 3.03. The van der Waals surface area contributed by atoms with E-state index in [-0.39, 0.29) is 18.1 Å². The molecule has 0 atom stereocenters. The summed E-state index contributed by atoms with van der Waals surface area (Å²) in [4.78, 5) is 8.12. The van der Waals surface area contributed by atoms with Gasteiger partial charge in [0, 0.05) is 5.56 Å². The van der Waals surface area contributed by atoms with Crippen molar-refractivity contribution in [2.75, 3.05) is 12.9 Å². The molecule has 2 aromatic rings. The number of halogens is 3. The van der Waals surface area contributed by atoms with Gasteiger partial charge in [-0.15, -0.1) is 0 Å². The molecule has 0 spiro atoms. The predicted octanol–water partition coefficient (Wildman–Crippen LogP) is 2.47. The lowest BCUT2D eigenvalue weighted by Crippen LogP contribution is -2.30. The second-order valence-corrected chi connectivity index (χ2v) is 6.81. The fraction of sp³-hybridized carbons (Fsp3) is 0.385. The highest BCUT2D eigenvalue weighted by Gasteiger charge is 2.38. The van der Waals surface area contributed by atoms with E-state index in [4.69, 9.17) is 4.84 Å². The molecule has 1 aromatic heterocycles. The van der Waals surface area contributed by atoms with Gasteiger partial charge < -0.3 is 4.52 Å². The second-order valence-electron chi connectivity index (χ2n) is 4.66. The molecular weight excluding hydrogens is 351 g/mol. The number of alkyl halides is 3. The summed E-state index contributed by atoms with van der Waals surface area (Å²) in [6.45, 7) is 1.45. The summed E-state index contributed by atoms with van der Waals surface area (Å²) in [5.41, 5.74) is 0.887. The second kappa shape index (κ2) is 6.87. The molecule has 0 saturated heterocycles. The monoisotopic (exact) mass is 365 g/mol. The van der Waals surface area contributed by atoms with Crippen LogP contribution in [0.15, 0.2) is 28.8 Å². The van der Waals surface area contributed by atoms with E-state index < -0.39 is 22.1 Å². The maximum Gasteiger partial charge on any atom is 0.471 e. The van der Waals surface area contributed by atoms with Crippen LogP contribution in [0.2, 0.25) is 0 Å². The number of hydroxylamine groups is 1. The summed E-state index contributed by atoms with van der Waals surface area (Å²) in [7, 11) is -2.30. The lowest BCUT2D eigenvalue weighted by molar-refractivity contribution is -0.159. The number of hydrogen-bond acceptors (Lipinski definition) is 6. The van der Waals surface area contributed by atoms with E-state index in [0.29, 0.717) is 11.1 Å². The number of rotatable bonds is 6. The van der Waals surface area contributed by atoms with Crippen molar-refractivity contribution in [2.45, 2.75) is 19.6 Å². The Morgan fingerprint density at radius 1 is 1.25 bits per heavy atom. The molecule has 2 rings (SSSR count). The Bertz CT molecular complexity index is 788. The standard InChI is InChI=1S/C13H14F3N3O4S/c1-3-24(20,21)19(22-2)8-9-4-6-10(7-5-9)11-17-12(23-18-11)13(14,15)16/h4-7H,3,8H2,1-2H3. The zero-order valence-corrected chi connectivity index (χ0v) is 13.6. The molecule has 0 aliphatic carbocycles. The van der Waals surface area contributed by atoms with Gasteiger partial charge in [0.15, 0.2) is 0 Å². The largest absolute Gasteiger partial charge is 0.471 e. The SMILES string of the molecule is CCS(=O)(=O)N(Cc1ccc(-c2noc(C(F)(F)F)n2)cc1)OC. The number of nitrogens with zero attached hydrogens (tertiary/aromatic N) is 3. The highest BCUT2D eigenvalue weighted by Crippen LogP contribution is 2.29. The first-order chi connectivity index (χ1) is 11.2. The molecule has 0 N–H and O–H groups in total. The highest BCUT2D eigenvalue weighted by molar-refractivity contribution is 7.88. The van der Waals surface area contributed by atoms with Gasteiger partial charge in [0.1, 0.15) is 0 Å². The molecule has 11 heteroatoms. The van der Waals surface area contributed by atoms with Crippen molar-refractivity contribution in [3.8, 4) is 11.4 Å². The molecule has 0 fully saturated rings. The van der Waals surface area contributed by atoms with Gasteiger partial charge >= 0.3 is 12.1 Å². The quantitative estimate of drug-likeness (QED) is 0.731. The van der Waals surface area contributed by atoms with Gasteiger partial charge in [-0.05, 0) is 12.5 Å². The van der Waals surface area contributed by atoms with Gasteiger partial charge in [0.2, 0.25) is 15.8 Å². The molecule has 0 amide bonds. The Morgan fingerprint density at radius 3 is 2.33 bits per heavy atom. The third-order valence-electron chi connectivity index (χ3n) is 3.07. The van der Waals surface area contributed by atoms with Crippen molar-refractivity contribution in [1.29, 1.82) is 0 Å². The molecule has 0 radical (unpaired) electrons. The van der Waals surface area contributed by atoms with E-state index in [9.17, 15) is 21.6 Å². The Morgan fingerprint density at radius 2 is 1.88 bits per heavy atom. The number of aromatic nitrogens is 2. The summed E-state index contributed by atoms with van der Waals surface area (Å²) in [5, 5.41) is 3.28. The maximum absolute atomic E-state index is 12.4. The predicted molar refractivity (Wildman–Crippen MR) is 76.7 cm³/mol. The van der Waals surface area contributed by atoms with E-state index in [2.05, 4.69) is 14.7 Å². The van der Waals surface area contributed by atoms with Crippen LogP contribution in [0.4, 0.5) is 13.2 Å². The van der Waals surface area contributed by atoms with Crippen LogP contribution in [0.1, 0.15) is 18.4 Å². The first-order valence-electron chi connectivity index (χ1n) is 6.72. The number of hydrogen-bond donors (Lipinski definition) is 0. The van der Waals surface area contributed by atoms with Crippen molar-refractivity contribution in [3.63, 3.8) is 0 Å².